The molecule has 1 N–H and O–H groups in total. The fraction of sp³-hybridized carbons (Fsp3) is 0.634. The Morgan fingerprint density at radius 3 is 2.61 bits per heavy atom. The number of ether oxygens (including phenoxy) is 2. The Labute approximate surface area is 332 Å². The van der Waals surface area contributed by atoms with Crippen molar-refractivity contribution in [3.05, 3.63) is 70.3 Å². The minimum Gasteiger partial charge on any atom is -0.487 e. The number of allylic oxidation sites excluding steroid dienone is 1. The molecule has 2 saturated heterocycles. The van der Waals surface area contributed by atoms with Gasteiger partial charge in [-0.2, -0.15) is 0 Å². The summed E-state index contributed by atoms with van der Waals surface area (Å²) in [6, 6.07) is 11.8. The summed E-state index contributed by atoms with van der Waals surface area (Å²) in [4.78, 5) is 21.3. The van der Waals surface area contributed by atoms with Gasteiger partial charge in [0.05, 0.1) is 10.9 Å². The molecule has 1 saturated carbocycles. The summed E-state index contributed by atoms with van der Waals surface area (Å²) in [5.74, 6) is 0.471. The molecule has 2 bridgehead atoms. The second kappa shape index (κ2) is 17.0. The third-order valence-electron chi connectivity index (χ3n) is 13.0. The lowest BCUT2D eigenvalue weighted by molar-refractivity contribution is -0.100. The summed E-state index contributed by atoms with van der Waals surface area (Å²) in [5, 5.41) is -0.0573. The number of carbonyl (C=O) groups is 1. The lowest BCUT2D eigenvalue weighted by Crippen LogP contribution is -2.64. The van der Waals surface area contributed by atoms with Gasteiger partial charge < -0.3 is 14.4 Å². The molecule has 4 aliphatic heterocycles. The zero-order valence-corrected chi connectivity index (χ0v) is 34.7. The average Bonchev–Trinajstić information content (AvgIpc) is 3.18. The van der Waals surface area contributed by atoms with Gasteiger partial charge in [0.25, 0.3) is 5.91 Å². The van der Waals surface area contributed by atoms with Crippen LogP contribution in [-0.4, -0.2) is 118 Å². The van der Waals surface area contributed by atoms with Crippen molar-refractivity contribution in [2.75, 3.05) is 77.2 Å². The monoisotopic (exact) mass is 799 g/mol. The largest absolute Gasteiger partial charge is 0.487 e. The van der Waals surface area contributed by atoms with E-state index in [-0.39, 0.29) is 11.8 Å². The van der Waals surface area contributed by atoms with Crippen LogP contribution in [0.1, 0.15) is 67.4 Å². The number of anilines is 1. The zero-order valence-electron chi connectivity index (χ0n) is 32.3. The SMILES string of the molecule is CO[C@]1(CN2CCN3CCN(SC)CC3C2)/C=C/C[C@H](C)[C@@H](C)S(=O)(=O)NC(=O)c2ccc3c(c2)N(CCCCc2cc(Cl)ccc2CO3)C[C@@H]2CC[C@H]21. The maximum Gasteiger partial charge on any atom is 0.264 e. The maximum absolute atomic E-state index is 13.7. The zero-order chi connectivity index (χ0) is 38.0. The first-order valence-electron chi connectivity index (χ1n) is 19.8. The molecular weight excluding hydrogens is 742 g/mol. The molecule has 0 radical (unpaired) electrons. The number of nitrogens with one attached hydrogen (secondary N) is 1. The Morgan fingerprint density at radius 1 is 1.00 bits per heavy atom. The summed E-state index contributed by atoms with van der Waals surface area (Å²) < 4.78 is 45.5. The van der Waals surface area contributed by atoms with E-state index >= 15 is 0 Å². The normalized spacial score (nSPS) is 32.1. The topological polar surface area (TPSA) is 94.7 Å². The third-order valence-corrected chi connectivity index (χ3v) is 16.0. The minimum absolute atomic E-state index is 0.219. The molecule has 296 valence electrons. The van der Waals surface area contributed by atoms with E-state index < -0.39 is 26.8 Å². The van der Waals surface area contributed by atoms with Crippen molar-refractivity contribution < 1.29 is 22.7 Å². The highest BCUT2D eigenvalue weighted by Crippen LogP contribution is 2.47. The van der Waals surface area contributed by atoms with Crippen LogP contribution >= 0.6 is 23.5 Å². The highest BCUT2D eigenvalue weighted by molar-refractivity contribution is 7.96. The van der Waals surface area contributed by atoms with Crippen LogP contribution < -0.4 is 14.4 Å². The van der Waals surface area contributed by atoms with Crippen LogP contribution in [0.5, 0.6) is 5.75 Å². The first-order valence-corrected chi connectivity index (χ1v) is 22.9. The summed E-state index contributed by atoms with van der Waals surface area (Å²) in [7, 11) is -2.09. The number of hydrogen-bond donors (Lipinski definition) is 1. The van der Waals surface area contributed by atoms with Crippen LogP contribution in [0.4, 0.5) is 5.69 Å². The summed E-state index contributed by atoms with van der Waals surface area (Å²) in [6.45, 7) is 12.7. The van der Waals surface area contributed by atoms with E-state index in [4.69, 9.17) is 21.1 Å². The number of carbonyl (C=O) groups excluding carboxylic acids is 1. The molecule has 0 spiro atoms. The number of aryl methyl sites for hydroxylation is 1. The lowest BCUT2D eigenvalue weighted by atomic mass is 9.63. The van der Waals surface area contributed by atoms with Crippen molar-refractivity contribution in [1.29, 1.82) is 0 Å². The lowest BCUT2D eigenvalue weighted by Gasteiger charge is -2.53. The number of sulfonamides is 1. The van der Waals surface area contributed by atoms with E-state index in [9.17, 15) is 13.2 Å². The van der Waals surface area contributed by atoms with Crippen molar-refractivity contribution in [3.8, 4) is 5.75 Å². The third kappa shape index (κ3) is 8.65. The highest BCUT2D eigenvalue weighted by atomic mass is 35.5. The fourth-order valence-corrected chi connectivity index (χ4v) is 11.3. The van der Waals surface area contributed by atoms with Crippen molar-refractivity contribution >= 4 is 45.2 Å². The van der Waals surface area contributed by atoms with Crippen molar-refractivity contribution in [2.24, 2.45) is 17.8 Å². The van der Waals surface area contributed by atoms with Crippen LogP contribution in [0.3, 0.4) is 0 Å². The summed E-state index contributed by atoms with van der Waals surface area (Å²) in [5.41, 5.74) is 2.89. The minimum atomic E-state index is -3.96. The van der Waals surface area contributed by atoms with Crippen LogP contribution in [-0.2, 0) is 27.8 Å². The molecule has 6 atom stereocenters. The number of benzene rings is 2. The van der Waals surface area contributed by atoms with Crippen molar-refractivity contribution in [1.82, 2.24) is 18.8 Å². The fourth-order valence-electron chi connectivity index (χ4n) is 9.28. The highest BCUT2D eigenvalue weighted by Gasteiger charge is 2.49. The quantitative estimate of drug-likeness (QED) is 0.289. The van der Waals surface area contributed by atoms with Gasteiger partial charge in [-0.3, -0.25) is 14.6 Å². The number of rotatable bonds is 4. The second-order valence-corrected chi connectivity index (χ2v) is 19.5. The number of amides is 1. The van der Waals surface area contributed by atoms with Gasteiger partial charge >= 0.3 is 0 Å². The van der Waals surface area contributed by atoms with Crippen LogP contribution in [0.15, 0.2) is 48.6 Å². The van der Waals surface area contributed by atoms with Crippen LogP contribution in [0, 0.1) is 17.8 Å². The molecule has 10 nitrogen and oxygen atoms in total. The van der Waals surface area contributed by atoms with Crippen LogP contribution in [0.25, 0.3) is 0 Å². The first-order chi connectivity index (χ1) is 26.0. The van der Waals surface area contributed by atoms with E-state index in [1.807, 2.05) is 56.3 Å². The molecule has 0 aromatic heterocycles. The van der Waals surface area contributed by atoms with Gasteiger partial charge in [-0.25, -0.2) is 17.4 Å². The van der Waals surface area contributed by atoms with E-state index in [0.29, 0.717) is 36.3 Å². The molecule has 2 aromatic rings. The van der Waals surface area contributed by atoms with Gasteiger partial charge in [0.15, 0.2) is 0 Å². The molecule has 5 aliphatic rings. The average molecular weight is 801 g/mol. The van der Waals surface area contributed by atoms with Crippen LogP contribution in [0.2, 0.25) is 5.02 Å². The van der Waals surface area contributed by atoms with E-state index in [1.54, 1.807) is 13.0 Å². The summed E-state index contributed by atoms with van der Waals surface area (Å²) in [6.07, 6.45) is 12.1. The second-order valence-electron chi connectivity index (χ2n) is 16.2. The molecule has 54 heavy (non-hydrogen) atoms. The van der Waals surface area contributed by atoms with Gasteiger partial charge in [-0.15, -0.1) is 0 Å². The molecule has 4 heterocycles. The number of hydrogen-bond acceptors (Lipinski definition) is 10. The molecule has 13 heteroatoms. The van der Waals surface area contributed by atoms with Crippen molar-refractivity contribution in [3.63, 3.8) is 0 Å². The Hall–Kier alpha value is -2.32. The predicted molar refractivity (Wildman–Crippen MR) is 219 cm³/mol. The standard InChI is InChI=1S/C41H58ClN5O5S2/c1-29-8-7-16-41(51-3,28-44-18-19-45-20-21-47(53-4)26-36(45)25-44)37-14-11-33(37)24-46-17-6-5-9-31-22-35(42)13-10-34(31)27-52-39-15-12-32(23-38(39)46)40(48)43-54(49,50)30(29)2/h7,10,12-13,15-16,22-23,29-30,33,36-37H,5-6,8-9,11,14,17-21,24-28H2,1-4H3,(H,43,48)/b16-7+/t29-,30+,33-,36?,37+,41-/m0/s1. The molecule has 2 aromatic carbocycles. The van der Waals surface area contributed by atoms with E-state index in [2.05, 4.69) is 42.1 Å². The van der Waals surface area contributed by atoms with E-state index in [0.717, 1.165) is 107 Å². The number of fused-ring (bicyclic) bond motifs is 4. The Kier molecular flexibility index (Phi) is 12.6. The van der Waals surface area contributed by atoms with E-state index in [1.165, 1.54) is 5.56 Å². The summed E-state index contributed by atoms with van der Waals surface area (Å²) >= 11 is 8.26. The van der Waals surface area contributed by atoms with Gasteiger partial charge in [0.1, 0.15) is 18.0 Å². The molecule has 1 amide bonds. The Bertz CT molecular complexity index is 1800. The predicted octanol–water partition coefficient (Wildman–Crippen LogP) is 6.10. The number of nitrogens with zero attached hydrogens (tertiary/aromatic N) is 4. The molecule has 1 aliphatic carbocycles. The van der Waals surface area contributed by atoms with Gasteiger partial charge in [0, 0.05) is 82.6 Å². The first kappa shape index (κ1) is 39.9. The smallest absolute Gasteiger partial charge is 0.264 e. The number of methoxy groups -OCH3 is 1. The van der Waals surface area contributed by atoms with Crippen molar-refractivity contribution in [2.45, 2.75) is 75.9 Å². The number of piperazine rings is 2. The maximum atomic E-state index is 13.7. The Balaban J connectivity index is 1.24. The van der Waals surface area contributed by atoms with Gasteiger partial charge in [-0.05, 0) is 111 Å². The molecule has 3 fully saturated rings. The molecular formula is C41H58ClN5O5S2. The number of halogens is 1. The van der Waals surface area contributed by atoms with Gasteiger partial charge in [-0.1, -0.05) is 48.7 Å². The van der Waals surface area contributed by atoms with Gasteiger partial charge in [0.2, 0.25) is 10.0 Å². The Morgan fingerprint density at radius 2 is 1.83 bits per heavy atom. The molecule has 1 unspecified atom stereocenters. The molecule has 7 rings (SSSR count).